The molecule has 0 saturated heterocycles. The summed E-state index contributed by atoms with van der Waals surface area (Å²) in [6, 6.07) is 0. The van der Waals surface area contributed by atoms with E-state index in [4.69, 9.17) is 40.5 Å². The number of carbonyl (C=O) groups is 2. The first-order valence-electron chi connectivity index (χ1n) is 3.98. The van der Waals surface area contributed by atoms with Gasteiger partial charge in [-0.1, -0.05) is 0 Å². The normalized spacial score (nSPS) is 13.8. The third kappa shape index (κ3) is 22.3. The van der Waals surface area contributed by atoms with Crippen LogP contribution < -0.4 is 88.7 Å². The molecule has 4 unspecified atom stereocenters. The van der Waals surface area contributed by atoms with Crippen molar-refractivity contribution in [2.75, 3.05) is 6.61 Å². The minimum atomic E-state index is -1.83. The van der Waals surface area contributed by atoms with Crippen LogP contribution in [-0.4, -0.2) is 79.2 Å². The van der Waals surface area contributed by atoms with E-state index < -0.39 is 37.2 Å². The molecule has 0 fully saturated rings. The monoisotopic (exact) mass is 350 g/mol. The molecule has 0 aliphatic heterocycles. The number of rotatable bonds is 5. The molecule has 0 spiro atoms. The summed E-state index contributed by atoms with van der Waals surface area (Å²) in [6.07, 6.45) is -8.67. The van der Waals surface area contributed by atoms with Gasteiger partial charge in [-0.05, 0) is 0 Å². The first-order chi connectivity index (χ1) is 7.27. The third-order valence-corrected chi connectivity index (χ3v) is 1.42. The molecular formula is C7H18ClNa3O9. The van der Waals surface area contributed by atoms with E-state index in [0.29, 0.717) is 0 Å². The summed E-state index contributed by atoms with van der Waals surface area (Å²) in [5, 5.41) is 57.5. The van der Waals surface area contributed by atoms with Gasteiger partial charge >= 0.3 is 94.8 Å². The quantitative estimate of drug-likeness (QED) is 0.187. The van der Waals surface area contributed by atoms with Crippen molar-refractivity contribution >= 4 is 24.8 Å². The largest absolute Gasteiger partial charge is 1.00 e. The summed E-state index contributed by atoms with van der Waals surface area (Å²) in [6.45, 7) is -0.760. The number of carbonyl (C=O) groups excluding carboxylic acids is 1. The van der Waals surface area contributed by atoms with Gasteiger partial charge in [-0.15, -0.1) is 12.4 Å². The molecular weight excluding hydrogens is 332 g/mol. The summed E-state index contributed by atoms with van der Waals surface area (Å²) in [7, 11) is 0. The van der Waals surface area contributed by atoms with Gasteiger partial charge < -0.3 is 44.8 Å². The molecule has 0 aliphatic rings. The van der Waals surface area contributed by atoms with Crippen molar-refractivity contribution in [1.82, 2.24) is 0 Å². The second kappa shape index (κ2) is 23.3. The SMILES string of the molecule is Cl.O=C(O)O.O=CC(O)C(O)C(O)C(O)CO.[H-].[H-].[H-].[Na+].[Na+].[Na+]. The molecule has 4 atom stereocenters. The van der Waals surface area contributed by atoms with Crippen LogP contribution in [0.15, 0.2) is 0 Å². The van der Waals surface area contributed by atoms with Crippen LogP contribution in [0.5, 0.6) is 0 Å². The van der Waals surface area contributed by atoms with Crippen LogP contribution in [0.2, 0.25) is 0 Å². The molecule has 110 valence electrons. The van der Waals surface area contributed by atoms with Crippen LogP contribution in [0.4, 0.5) is 4.79 Å². The minimum Gasteiger partial charge on any atom is -1.00 e. The Bertz CT molecular complexity index is 233. The van der Waals surface area contributed by atoms with Gasteiger partial charge in [-0.25, -0.2) is 4.79 Å². The summed E-state index contributed by atoms with van der Waals surface area (Å²) >= 11 is 0. The van der Waals surface area contributed by atoms with Crippen LogP contribution in [0, 0.1) is 0 Å². The predicted octanol–water partition coefficient (Wildman–Crippen LogP) is -11.4. The van der Waals surface area contributed by atoms with Gasteiger partial charge in [0, 0.05) is 0 Å². The molecule has 0 aromatic carbocycles. The zero-order valence-corrected chi connectivity index (χ0v) is 18.3. The average molecular weight is 351 g/mol. The fourth-order valence-corrected chi connectivity index (χ4v) is 0.618. The molecule has 20 heavy (non-hydrogen) atoms. The maximum atomic E-state index is 9.90. The van der Waals surface area contributed by atoms with Crippen molar-refractivity contribution in [3.63, 3.8) is 0 Å². The fraction of sp³-hybridized carbons (Fsp3) is 0.714. The molecule has 0 aromatic rings. The van der Waals surface area contributed by atoms with Crippen LogP contribution >= 0.6 is 12.4 Å². The van der Waals surface area contributed by atoms with Crippen molar-refractivity contribution < 1.29 is 138 Å². The molecule has 13 heteroatoms. The summed E-state index contributed by atoms with van der Waals surface area (Å²) in [4.78, 5) is 18.5. The number of aliphatic hydroxyl groups is 5. The minimum absolute atomic E-state index is 0. The van der Waals surface area contributed by atoms with Crippen molar-refractivity contribution in [3.05, 3.63) is 0 Å². The molecule has 0 aliphatic carbocycles. The van der Waals surface area contributed by atoms with Crippen LogP contribution in [0.1, 0.15) is 4.28 Å². The first kappa shape index (κ1) is 37.9. The van der Waals surface area contributed by atoms with E-state index in [1.807, 2.05) is 0 Å². The topological polar surface area (TPSA) is 176 Å². The molecule has 0 radical (unpaired) electrons. The van der Waals surface area contributed by atoms with Gasteiger partial charge in [0.15, 0.2) is 6.29 Å². The van der Waals surface area contributed by atoms with E-state index >= 15 is 0 Å². The molecule has 0 aromatic heterocycles. The Morgan fingerprint density at radius 2 is 1.30 bits per heavy atom. The smallest absolute Gasteiger partial charge is 1.00 e. The zero-order chi connectivity index (χ0) is 13.3. The molecule has 0 amide bonds. The molecule has 0 bridgehead atoms. The molecule has 9 nitrogen and oxygen atoms in total. The third-order valence-electron chi connectivity index (χ3n) is 1.42. The van der Waals surface area contributed by atoms with Crippen molar-refractivity contribution in [2.24, 2.45) is 0 Å². The van der Waals surface area contributed by atoms with E-state index in [1.54, 1.807) is 0 Å². The number of carboxylic acid groups (broad SMARTS) is 2. The Morgan fingerprint density at radius 1 is 1.00 bits per heavy atom. The van der Waals surface area contributed by atoms with E-state index in [1.165, 1.54) is 0 Å². The Labute approximate surface area is 192 Å². The first-order valence-corrected chi connectivity index (χ1v) is 3.98. The predicted molar refractivity (Wildman–Crippen MR) is 58.4 cm³/mol. The van der Waals surface area contributed by atoms with E-state index in [9.17, 15) is 4.79 Å². The second-order valence-corrected chi connectivity index (χ2v) is 2.64. The number of aldehydes is 1. The number of hydrogen-bond donors (Lipinski definition) is 7. The standard InChI is InChI=1S/C6H12O6.CH2O3.ClH.3Na.3H/c7-1-3(9)5(11)6(12)4(10)2-8;2-1(3)4;;;;;;;/h1,3-6,8-12H,2H2;(H2,2,3,4);1H;;;;;;/q;;;3*+1;3*-1. The van der Waals surface area contributed by atoms with Gasteiger partial charge in [0.05, 0.1) is 6.61 Å². The van der Waals surface area contributed by atoms with Crippen LogP contribution in [0.25, 0.3) is 0 Å². The van der Waals surface area contributed by atoms with Crippen molar-refractivity contribution in [3.8, 4) is 0 Å². The summed E-state index contributed by atoms with van der Waals surface area (Å²) in [5.74, 6) is 0. The molecule has 0 saturated carbocycles. The van der Waals surface area contributed by atoms with E-state index in [-0.39, 0.29) is 112 Å². The maximum absolute atomic E-state index is 9.90. The Balaban J connectivity index is -0.0000000232. The number of halogens is 1. The van der Waals surface area contributed by atoms with Gasteiger partial charge in [0.2, 0.25) is 0 Å². The number of aliphatic hydroxyl groups excluding tert-OH is 5. The van der Waals surface area contributed by atoms with E-state index in [0.717, 1.165) is 0 Å². The average Bonchev–Trinajstić information content (AvgIpc) is 2.24. The van der Waals surface area contributed by atoms with Crippen molar-refractivity contribution in [2.45, 2.75) is 24.4 Å². The summed E-state index contributed by atoms with van der Waals surface area (Å²) in [5.41, 5.74) is 0. The Morgan fingerprint density at radius 3 is 1.50 bits per heavy atom. The molecule has 0 rings (SSSR count). The van der Waals surface area contributed by atoms with Gasteiger partial charge in [-0.3, -0.25) is 0 Å². The van der Waals surface area contributed by atoms with Gasteiger partial charge in [-0.2, -0.15) is 0 Å². The van der Waals surface area contributed by atoms with Crippen molar-refractivity contribution in [1.29, 1.82) is 0 Å². The Hall–Kier alpha value is 2.03. The Kier molecular flexibility index (Phi) is 44.2. The zero-order valence-electron chi connectivity index (χ0n) is 14.4. The maximum Gasteiger partial charge on any atom is 1.00 e. The summed E-state index contributed by atoms with van der Waals surface area (Å²) < 4.78 is 0. The van der Waals surface area contributed by atoms with Crippen LogP contribution in [-0.2, 0) is 4.79 Å². The molecule has 0 heterocycles. The second-order valence-electron chi connectivity index (χ2n) is 2.64. The number of hydrogen-bond acceptors (Lipinski definition) is 7. The van der Waals surface area contributed by atoms with Gasteiger partial charge in [0.25, 0.3) is 0 Å². The van der Waals surface area contributed by atoms with Crippen LogP contribution in [0.3, 0.4) is 0 Å². The fourth-order valence-electron chi connectivity index (χ4n) is 0.618. The van der Waals surface area contributed by atoms with E-state index in [2.05, 4.69) is 0 Å². The molecule has 7 N–H and O–H groups in total. The van der Waals surface area contributed by atoms with Gasteiger partial charge in [0.1, 0.15) is 24.4 Å².